The third-order valence-corrected chi connectivity index (χ3v) is 4.78. The number of aliphatic hydroxyl groups is 2. The minimum atomic E-state index is -0.915. The Bertz CT molecular complexity index is 1120. The fourth-order valence-corrected chi connectivity index (χ4v) is 3.35. The highest BCUT2D eigenvalue weighted by Crippen LogP contribution is 2.31. The quantitative estimate of drug-likeness (QED) is 0.407. The molecule has 10 nitrogen and oxygen atoms in total. The second-order valence-electron chi connectivity index (χ2n) is 8.29. The third-order valence-electron chi connectivity index (χ3n) is 4.78. The van der Waals surface area contributed by atoms with E-state index in [4.69, 9.17) is 19.1 Å². The van der Waals surface area contributed by atoms with E-state index in [0.717, 1.165) is 27.9 Å². The minimum Gasteiger partial charge on any atom is -0.490 e. The second-order valence-corrected chi connectivity index (χ2v) is 8.29. The number of nitrogens with zero attached hydrogens (tertiary/aromatic N) is 3. The number of hydrogen-bond donors (Lipinski definition) is 3. The number of benzene rings is 1. The van der Waals surface area contributed by atoms with Gasteiger partial charge in [0, 0.05) is 29.4 Å². The zero-order valence-corrected chi connectivity index (χ0v) is 20.0. The third kappa shape index (κ3) is 6.52. The number of carbonyl (C=O) groups excluding carboxylic acids is 1. The van der Waals surface area contributed by atoms with Crippen LogP contribution in [0.3, 0.4) is 0 Å². The van der Waals surface area contributed by atoms with E-state index >= 15 is 0 Å². The molecule has 3 aromatic rings. The van der Waals surface area contributed by atoms with Crippen molar-refractivity contribution in [1.82, 2.24) is 20.4 Å². The first kappa shape index (κ1) is 25.1. The summed E-state index contributed by atoms with van der Waals surface area (Å²) in [6.45, 7) is 8.85. The minimum absolute atomic E-state index is 0.00696. The van der Waals surface area contributed by atoms with Gasteiger partial charge in [-0.15, -0.1) is 0 Å². The standard InChI is InChI=1S/C24H30N4O6/c1-13(2)33-21-9-18(8-16(5)26-21)24-27-23(28-34-24)17-6-14(3)22(15(4)7-17)32-12-19(30)10-25-20(31)11-29/h6-9,13,19,29-30H,10-12H2,1-5H3,(H,25,31). The Hall–Kier alpha value is -3.50. The van der Waals surface area contributed by atoms with Gasteiger partial charge in [0.25, 0.3) is 5.89 Å². The highest BCUT2D eigenvalue weighted by atomic mass is 16.5. The van der Waals surface area contributed by atoms with E-state index < -0.39 is 18.6 Å². The molecule has 1 amide bonds. The number of rotatable bonds is 10. The van der Waals surface area contributed by atoms with Gasteiger partial charge in [0.05, 0.1) is 6.10 Å². The molecule has 0 aliphatic carbocycles. The normalized spacial score (nSPS) is 12.0. The molecule has 1 unspecified atom stereocenters. The first-order valence-electron chi connectivity index (χ1n) is 11.0. The molecule has 0 bridgehead atoms. The maximum absolute atomic E-state index is 11.1. The molecule has 1 atom stereocenters. The molecule has 0 fully saturated rings. The van der Waals surface area contributed by atoms with Crippen LogP contribution in [0.15, 0.2) is 28.8 Å². The summed E-state index contributed by atoms with van der Waals surface area (Å²) in [5.74, 6) is 1.36. The summed E-state index contributed by atoms with van der Waals surface area (Å²) in [6.07, 6.45) is -0.922. The number of nitrogens with one attached hydrogen (secondary N) is 1. The van der Waals surface area contributed by atoms with Gasteiger partial charge in [-0.1, -0.05) is 5.16 Å². The Morgan fingerprint density at radius 3 is 2.44 bits per heavy atom. The van der Waals surface area contributed by atoms with Gasteiger partial charge in [-0.25, -0.2) is 4.98 Å². The number of aromatic nitrogens is 3. The number of amides is 1. The molecule has 2 heterocycles. The van der Waals surface area contributed by atoms with Crippen LogP contribution in [0.5, 0.6) is 11.6 Å². The van der Waals surface area contributed by atoms with E-state index in [9.17, 15) is 9.90 Å². The molecular weight excluding hydrogens is 440 g/mol. The summed E-state index contributed by atoms with van der Waals surface area (Å²) in [5, 5.41) is 25.3. The maximum atomic E-state index is 11.1. The monoisotopic (exact) mass is 470 g/mol. The lowest BCUT2D eigenvalue weighted by atomic mass is 10.1. The van der Waals surface area contributed by atoms with Gasteiger partial charge in [0.2, 0.25) is 17.6 Å². The Balaban J connectivity index is 1.75. The summed E-state index contributed by atoms with van der Waals surface area (Å²) >= 11 is 0. The molecule has 10 heteroatoms. The van der Waals surface area contributed by atoms with Crippen LogP contribution in [0.25, 0.3) is 22.8 Å². The van der Waals surface area contributed by atoms with Crippen molar-refractivity contribution in [2.24, 2.45) is 0 Å². The lowest BCUT2D eigenvalue weighted by Gasteiger charge is -2.16. The molecule has 0 saturated heterocycles. The molecule has 182 valence electrons. The largest absolute Gasteiger partial charge is 0.490 e. The molecule has 0 aliphatic heterocycles. The van der Waals surface area contributed by atoms with E-state index in [1.54, 1.807) is 6.07 Å². The average Bonchev–Trinajstić information content (AvgIpc) is 3.26. The summed E-state index contributed by atoms with van der Waals surface area (Å²) in [5.41, 5.74) is 3.93. The van der Waals surface area contributed by atoms with Crippen molar-refractivity contribution in [3.63, 3.8) is 0 Å². The van der Waals surface area contributed by atoms with E-state index in [0.29, 0.717) is 23.3 Å². The van der Waals surface area contributed by atoms with Crippen LogP contribution in [0.2, 0.25) is 0 Å². The Labute approximate surface area is 197 Å². The van der Waals surface area contributed by atoms with Crippen molar-refractivity contribution in [3.05, 3.63) is 41.1 Å². The molecule has 0 aliphatic rings. The van der Waals surface area contributed by atoms with Gasteiger partial charge in [0.15, 0.2) is 0 Å². The number of aryl methyl sites for hydroxylation is 3. The van der Waals surface area contributed by atoms with Crippen LogP contribution >= 0.6 is 0 Å². The second kappa shape index (κ2) is 11.1. The fraction of sp³-hybridized carbons (Fsp3) is 0.417. The first-order chi connectivity index (χ1) is 16.2. The van der Waals surface area contributed by atoms with Crippen molar-refractivity contribution in [2.45, 2.75) is 46.8 Å². The predicted molar refractivity (Wildman–Crippen MR) is 125 cm³/mol. The highest BCUT2D eigenvalue weighted by molar-refractivity contribution is 5.76. The van der Waals surface area contributed by atoms with Gasteiger partial charge < -0.3 is 29.5 Å². The Morgan fingerprint density at radius 2 is 1.79 bits per heavy atom. The molecule has 34 heavy (non-hydrogen) atoms. The predicted octanol–water partition coefficient (Wildman–Crippen LogP) is 2.36. The summed E-state index contributed by atoms with van der Waals surface area (Å²) in [6, 6.07) is 7.38. The lowest BCUT2D eigenvalue weighted by molar-refractivity contribution is -0.124. The maximum Gasteiger partial charge on any atom is 0.258 e. The number of hydrogen-bond acceptors (Lipinski definition) is 9. The van der Waals surface area contributed by atoms with Gasteiger partial charge in [-0.3, -0.25) is 4.79 Å². The van der Waals surface area contributed by atoms with Crippen LogP contribution in [0.4, 0.5) is 0 Å². The van der Waals surface area contributed by atoms with Crippen LogP contribution in [0.1, 0.15) is 30.7 Å². The van der Waals surface area contributed by atoms with Crippen molar-refractivity contribution >= 4 is 5.91 Å². The first-order valence-corrected chi connectivity index (χ1v) is 11.0. The van der Waals surface area contributed by atoms with E-state index in [1.807, 2.05) is 52.8 Å². The average molecular weight is 471 g/mol. The molecule has 0 spiro atoms. The van der Waals surface area contributed by atoms with Gasteiger partial charge >= 0.3 is 0 Å². The topological polar surface area (TPSA) is 140 Å². The summed E-state index contributed by atoms with van der Waals surface area (Å²) < 4.78 is 17.0. The van der Waals surface area contributed by atoms with Crippen LogP contribution < -0.4 is 14.8 Å². The van der Waals surface area contributed by atoms with Crippen molar-refractivity contribution in [1.29, 1.82) is 0 Å². The lowest BCUT2D eigenvalue weighted by Crippen LogP contribution is -2.36. The summed E-state index contributed by atoms with van der Waals surface area (Å²) in [7, 11) is 0. The number of carbonyl (C=O) groups is 1. The highest BCUT2D eigenvalue weighted by Gasteiger charge is 2.16. The molecule has 0 saturated carbocycles. The number of aliphatic hydroxyl groups excluding tert-OH is 2. The van der Waals surface area contributed by atoms with Gasteiger partial charge in [-0.05, 0) is 63.9 Å². The summed E-state index contributed by atoms with van der Waals surface area (Å²) in [4.78, 5) is 20.0. The smallest absolute Gasteiger partial charge is 0.258 e. The molecule has 3 rings (SSSR count). The number of pyridine rings is 1. The Kier molecular flexibility index (Phi) is 8.19. The van der Waals surface area contributed by atoms with E-state index in [1.165, 1.54) is 0 Å². The van der Waals surface area contributed by atoms with Crippen molar-refractivity contribution < 1.29 is 29.0 Å². The van der Waals surface area contributed by atoms with E-state index in [-0.39, 0.29) is 19.3 Å². The van der Waals surface area contributed by atoms with Crippen LogP contribution in [0, 0.1) is 20.8 Å². The van der Waals surface area contributed by atoms with Gasteiger partial charge in [-0.2, -0.15) is 4.98 Å². The Morgan fingerprint density at radius 1 is 1.09 bits per heavy atom. The SMILES string of the molecule is Cc1cc(-c2nc(-c3cc(C)c(OCC(O)CNC(=O)CO)c(C)c3)no2)cc(OC(C)C)n1. The molecule has 3 N–H and O–H groups in total. The van der Waals surface area contributed by atoms with Gasteiger partial charge in [0.1, 0.15) is 25.1 Å². The van der Waals surface area contributed by atoms with Crippen molar-refractivity contribution in [2.75, 3.05) is 19.8 Å². The zero-order valence-electron chi connectivity index (χ0n) is 20.0. The van der Waals surface area contributed by atoms with Crippen LogP contribution in [-0.2, 0) is 4.79 Å². The molecular formula is C24H30N4O6. The zero-order chi connectivity index (χ0) is 24.8. The number of ether oxygens (including phenoxy) is 2. The fourth-order valence-electron chi connectivity index (χ4n) is 3.35. The molecule has 0 radical (unpaired) electrons. The van der Waals surface area contributed by atoms with Crippen molar-refractivity contribution in [3.8, 4) is 34.5 Å². The molecule has 2 aromatic heterocycles. The molecule has 1 aromatic carbocycles. The van der Waals surface area contributed by atoms with E-state index in [2.05, 4.69) is 20.4 Å². The van der Waals surface area contributed by atoms with Crippen LogP contribution in [-0.4, -0.2) is 63.2 Å².